The van der Waals surface area contributed by atoms with Gasteiger partial charge < -0.3 is 0 Å². The molecule has 0 aliphatic heterocycles. The summed E-state index contributed by atoms with van der Waals surface area (Å²) in [4.78, 5) is 0. The van der Waals surface area contributed by atoms with Crippen molar-refractivity contribution in [3.05, 3.63) is 11.3 Å². The third-order valence-electron chi connectivity index (χ3n) is 3.30. The fraction of sp³-hybridized carbons (Fsp3) is 0.818. The summed E-state index contributed by atoms with van der Waals surface area (Å²) in [5.74, 6) is 0. The summed E-state index contributed by atoms with van der Waals surface area (Å²) in [5.41, 5.74) is 1.04. The quantitative estimate of drug-likeness (QED) is 0.599. The van der Waals surface area contributed by atoms with Crippen LogP contribution in [0.2, 0.25) is 44.8 Å². The van der Waals surface area contributed by atoms with Gasteiger partial charge in [-0.1, -0.05) is 50.6 Å². The Morgan fingerprint density at radius 2 is 1.62 bits per heavy atom. The van der Waals surface area contributed by atoms with Crippen molar-refractivity contribution >= 4 is 16.1 Å². The van der Waals surface area contributed by atoms with Gasteiger partial charge in [0.15, 0.2) is 0 Å². The van der Waals surface area contributed by atoms with Crippen LogP contribution in [0.15, 0.2) is 11.3 Å². The molecule has 0 heterocycles. The molecule has 13 heavy (non-hydrogen) atoms. The van der Waals surface area contributed by atoms with E-state index in [-0.39, 0.29) is 0 Å². The summed E-state index contributed by atoms with van der Waals surface area (Å²) in [7, 11) is -1.84. The van der Waals surface area contributed by atoms with Crippen LogP contribution in [-0.4, -0.2) is 16.1 Å². The van der Waals surface area contributed by atoms with Gasteiger partial charge in [-0.05, 0) is 18.4 Å². The van der Waals surface area contributed by atoms with Gasteiger partial charge in [-0.3, -0.25) is 0 Å². The molecule has 76 valence electrons. The highest BCUT2D eigenvalue weighted by atomic mass is 28.3. The monoisotopic (exact) mass is 212 g/mol. The Labute approximate surface area is 85.5 Å². The summed E-state index contributed by atoms with van der Waals surface area (Å²) in [6, 6.07) is 0. The maximum Gasteiger partial charge on any atom is 0.0720 e. The Kier molecular flexibility index (Phi) is 2.93. The molecule has 0 aromatic rings. The van der Waals surface area contributed by atoms with Crippen molar-refractivity contribution in [3.63, 3.8) is 0 Å². The lowest BCUT2D eigenvalue weighted by Crippen LogP contribution is -2.29. The van der Waals surface area contributed by atoms with Crippen LogP contribution in [0.3, 0.4) is 0 Å². The smallest absolute Gasteiger partial charge is 0.0720 e. The second kappa shape index (κ2) is 3.39. The van der Waals surface area contributed by atoms with E-state index in [9.17, 15) is 0 Å². The summed E-state index contributed by atoms with van der Waals surface area (Å²) < 4.78 is 0. The largest absolute Gasteiger partial charge is 0.0892 e. The topological polar surface area (TPSA) is 0 Å². The minimum Gasteiger partial charge on any atom is -0.0892 e. The fourth-order valence-corrected chi connectivity index (χ4v) is 5.44. The predicted molar refractivity (Wildman–Crippen MR) is 67.8 cm³/mol. The van der Waals surface area contributed by atoms with Crippen LogP contribution in [-0.2, 0) is 0 Å². The molecule has 2 heteroatoms. The highest BCUT2D eigenvalue weighted by molar-refractivity contribution is 6.84. The molecule has 1 rings (SSSR count). The van der Waals surface area contributed by atoms with Gasteiger partial charge in [0.25, 0.3) is 0 Å². The summed E-state index contributed by atoms with van der Waals surface area (Å²) in [6.07, 6.45) is 5.38. The molecule has 1 atom stereocenters. The van der Waals surface area contributed by atoms with Crippen molar-refractivity contribution in [1.29, 1.82) is 0 Å². The maximum atomic E-state index is 2.56. The standard InChI is InChI=1S/C11H24Si2/c1-12(2,3)10-7-8-11(9-10)13(4,5)6/h7,11H,8-9H2,1-6H3. The molecular formula is C11H24Si2. The zero-order valence-corrected chi connectivity index (χ0v) is 12.1. The van der Waals surface area contributed by atoms with E-state index in [2.05, 4.69) is 45.4 Å². The van der Waals surface area contributed by atoms with Crippen LogP contribution in [0.4, 0.5) is 0 Å². The van der Waals surface area contributed by atoms with Crippen molar-refractivity contribution in [2.24, 2.45) is 0 Å². The van der Waals surface area contributed by atoms with Crippen LogP contribution in [0, 0.1) is 0 Å². The first-order valence-corrected chi connectivity index (χ1v) is 12.5. The first-order valence-electron chi connectivity index (χ1n) is 5.41. The lowest BCUT2D eigenvalue weighted by atomic mass is 10.3. The van der Waals surface area contributed by atoms with E-state index in [1.165, 1.54) is 12.8 Å². The minimum atomic E-state index is -0.961. The number of allylic oxidation sites excluding steroid dienone is 2. The van der Waals surface area contributed by atoms with Gasteiger partial charge in [0.05, 0.1) is 8.07 Å². The molecule has 1 unspecified atom stereocenters. The van der Waals surface area contributed by atoms with Crippen LogP contribution >= 0.6 is 0 Å². The van der Waals surface area contributed by atoms with Crippen molar-refractivity contribution in [1.82, 2.24) is 0 Å². The highest BCUT2D eigenvalue weighted by Crippen LogP contribution is 2.40. The number of hydrogen-bond acceptors (Lipinski definition) is 0. The van der Waals surface area contributed by atoms with E-state index < -0.39 is 16.1 Å². The molecular weight excluding hydrogens is 188 g/mol. The molecule has 0 fully saturated rings. The van der Waals surface area contributed by atoms with Crippen molar-refractivity contribution < 1.29 is 0 Å². The lowest BCUT2D eigenvalue weighted by molar-refractivity contribution is 0.870. The van der Waals surface area contributed by atoms with E-state index in [1.54, 1.807) is 0 Å². The lowest BCUT2D eigenvalue weighted by Gasteiger charge is -2.27. The summed E-state index contributed by atoms with van der Waals surface area (Å²) in [5, 5.41) is 1.83. The molecule has 0 nitrogen and oxygen atoms in total. The molecule has 0 aromatic carbocycles. The first kappa shape index (κ1) is 11.2. The Bertz CT molecular complexity index is 215. The van der Waals surface area contributed by atoms with Gasteiger partial charge >= 0.3 is 0 Å². The fourth-order valence-electron chi connectivity index (χ4n) is 1.99. The summed E-state index contributed by atoms with van der Waals surface area (Å²) >= 11 is 0. The van der Waals surface area contributed by atoms with Crippen molar-refractivity contribution in [2.75, 3.05) is 0 Å². The molecule has 0 N–H and O–H groups in total. The van der Waals surface area contributed by atoms with E-state index >= 15 is 0 Å². The second-order valence-electron chi connectivity index (χ2n) is 6.48. The van der Waals surface area contributed by atoms with Crippen molar-refractivity contribution in [3.8, 4) is 0 Å². The average Bonchev–Trinajstić information content (AvgIpc) is 2.28. The van der Waals surface area contributed by atoms with E-state index in [0.717, 1.165) is 5.54 Å². The molecule has 0 aromatic heterocycles. The van der Waals surface area contributed by atoms with Crippen LogP contribution in [0.5, 0.6) is 0 Å². The Morgan fingerprint density at radius 1 is 1.08 bits per heavy atom. The van der Waals surface area contributed by atoms with Gasteiger partial charge in [0, 0.05) is 8.07 Å². The van der Waals surface area contributed by atoms with Crippen molar-refractivity contribution in [2.45, 2.75) is 57.7 Å². The van der Waals surface area contributed by atoms with Gasteiger partial charge in [-0.15, -0.1) is 0 Å². The maximum absolute atomic E-state index is 2.56. The van der Waals surface area contributed by atoms with Gasteiger partial charge in [-0.25, -0.2) is 0 Å². The Balaban J connectivity index is 2.63. The number of rotatable bonds is 2. The SMILES string of the molecule is C[Si](C)(C)C1=CCC([Si](C)(C)C)C1. The summed E-state index contributed by atoms with van der Waals surface area (Å²) in [6.45, 7) is 15.0. The normalized spacial score (nSPS) is 24.8. The van der Waals surface area contributed by atoms with Gasteiger partial charge in [-0.2, -0.15) is 0 Å². The first-order chi connectivity index (χ1) is 5.71. The van der Waals surface area contributed by atoms with Gasteiger partial charge in [0.2, 0.25) is 0 Å². The van der Waals surface area contributed by atoms with Crippen LogP contribution in [0.1, 0.15) is 12.8 Å². The zero-order valence-electron chi connectivity index (χ0n) is 10.1. The van der Waals surface area contributed by atoms with E-state index in [4.69, 9.17) is 0 Å². The predicted octanol–water partition coefficient (Wildman–Crippen LogP) is 4.29. The van der Waals surface area contributed by atoms with Gasteiger partial charge in [0.1, 0.15) is 0 Å². The molecule has 1 aliphatic rings. The highest BCUT2D eigenvalue weighted by Gasteiger charge is 2.33. The molecule has 0 radical (unpaired) electrons. The van der Waals surface area contributed by atoms with E-state index in [0.29, 0.717) is 0 Å². The number of hydrogen-bond donors (Lipinski definition) is 0. The molecule has 0 saturated heterocycles. The zero-order chi connectivity index (χ0) is 10.3. The Morgan fingerprint density at radius 3 is 1.85 bits per heavy atom. The molecule has 0 saturated carbocycles. The molecule has 0 amide bonds. The third-order valence-corrected chi connectivity index (χ3v) is 8.53. The van der Waals surface area contributed by atoms with Crippen LogP contribution in [0.25, 0.3) is 0 Å². The molecule has 0 spiro atoms. The molecule has 0 bridgehead atoms. The average molecular weight is 212 g/mol. The Hall–Kier alpha value is 0.174. The second-order valence-corrected chi connectivity index (χ2v) is 17.2. The molecule has 1 aliphatic carbocycles. The van der Waals surface area contributed by atoms with Crippen LogP contribution < -0.4 is 0 Å². The van der Waals surface area contributed by atoms with E-state index in [1.807, 2.05) is 5.20 Å². The third kappa shape index (κ3) is 2.81. The minimum absolute atomic E-state index is 0.875.